The van der Waals surface area contributed by atoms with Crippen molar-refractivity contribution in [3.05, 3.63) is 46.8 Å². The molecule has 1 N–H and O–H groups in total. The Hall–Kier alpha value is -1.88. The molecule has 1 aromatic heterocycles. The lowest BCUT2D eigenvalue weighted by molar-refractivity contribution is -0.114. The van der Waals surface area contributed by atoms with Crippen molar-refractivity contribution < 1.29 is 4.79 Å². The SMILES string of the molecule is CC(=O)CSc1nc(-c2ccccc2)cc(=O)[nH]1. The third-order valence-electron chi connectivity index (χ3n) is 2.20. The number of Topliss-reactive ketones (excluding diaryl/α,β-unsaturated/α-hetero) is 1. The molecule has 18 heavy (non-hydrogen) atoms. The largest absolute Gasteiger partial charge is 0.301 e. The lowest BCUT2D eigenvalue weighted by Gasteiger charge is -2.03. The van der Waals surface area contributed by atoms with Gasteiger partial charge >= 0.3 is 0 Å². The van der Waals surface area contributed by atoms with Crippen LogP contribution in [0.25, 0.3) is 11.3 Å². The minimum absolute atomic E-state index is 0.0489. The van der Waals surface area contributed by atoms with Crippen LogP contribution in [0.1, 0.15) is 6.92 Å². The van der Waals surface area contributed by atoms with E-state index >= 15 is 0 Å². The van der Waals surface area contributed by atoms with Crippen LogP contribution in [-0.2, 0) is 4.79 Å². The molecule has 0 amide bonds. The standard InChI is InChI=1S/C13H12N2O2S/c1-9(16)8-18-13-14-11(7-12(17)15-13)10-5-3-2-4-6-10/h2-7H,8H2,1H3,(H,14,15,17). The molecule has 92 valence electrons. The number of rotatable bonds is 4. The zero-order chi connectivity index (χ0) is 13.0. The highest BCUT2D eigenvalue weighted by Crippen LogP contribution is 2.18. The molecule has 0 spiro atoms. The van der Waals surface area contributed by atoms with Crippen LogP contribution in [0.3, 0.4) is 0 Å². The normalized spacial score (nSPS) is 10.3. The van der Waals surface area contributed by atoms with E-state index < -0.39 is 0 Å². The molecule has 5 heteroatoms. The number of nitrogens with one attached hydrogen (secondary N) is 1. The first-order valence-electron chi connectivity index (χ1n) is 5.44. The summed E-state index contributed by atoms with van der Waals surface area (Å²) in [5, 5.41) is 0.469. The number of H-pyrrole nitrogens is 1. The molecule has 1 aromatic carbocycles. The Balaban J connectivity index is 2.32. The van der Waals surface area contributed by atoms with Gasteiger partial charge in [-0.1, -0.05) is 42.1 Å². The van der Waals surface area contributed by atoms with E-state index in [2.05, 4.69) is 9.97 Å². The number of nitrogens with zero attached hydrogens (tertiary/aromatic N) is 1. The minimum Gasteiger partial charge on any atom is -0.301 e. The highest BCUT2D eigenvalue weighted by Gasteiger charge is 2.05. The molecular weight excluding hydrogens is 248 g/mol. The molecule has 4 nitrogen and oxygen atoms in total. The smallest absolute Gasteiger partial charge is 0.252 e. The summed E-state index contributed by atoms with van der Waals surface area (Å²) in [5.41, 5.74) is 1.29. The number of hydrogen-bond donors (Lipinski definition) is 1. The molecule has 0 atom stereocenters. The van der Waals surface area contributed by atoms with Gasteiger partial charge in [-0.2, -0.15) is 0 Å². The van der Waals surface area contributed by atoms with Gasteiger partial charge < -0.3 is 4.98 Å². The Morgan fingerprint density at radius 1 is 1.33 bits per heavy atom. The number of aromatic nitrogens is 2. The second-order valence-corrected chi connectivity index (χ2v) is 4.76. The van der Waals surface area contributed by atoms with E-state index in [1.807, 2.05) is 30.3 Å². The van der Waals surface area contributed by atoms with E-state index in [0.717, 1.165) is 5.56 Å². The molecule has 0 aliphatic rings. The topological polar surface area (TPSA) is 62.8 Å². The van der Waals surface area contributed by atoms with Gasteiger partial charge in [0.2, 0.25) is 0 Å². The molecule has 0 aliphatic heterocycles. The maximum atomic E-state index is 11.5. The number of benzene rings is 1. The maximum absolute atomic E-state index is 11.5. The summed E-state index contributed by atoms with van der Waals surface area (Å²) in [4.78, 5) is 29.4. The quantitative estimate of drug-likeness (QED) is 0.675. The summed E-state index contributed by atoms with van der Waals surface area (Å²) < 4.78 is 0. The van der Waals surface area contributed by atoms with Crippen molar-refractivity contribution in [3.8, 4) is 11.3 Å². The van der Waals surface area contributed by atoms with Gasteiger partial charge in [0.15, 0.2) is 5.16 Å². The summed E-state index contributed by atoms with van der Waals surface area (Å²) >= 11 is 1.24. The first-order valence-corrected chi connectivity index (χ1v) is 6.43. The predicted molar refractivity (Wildman–Crippen MR) is 71.7 cm³/mol. The monoisotopic (exact) mass is 260 g/mol. The van der Waals surface area contributed by atoms with Gasteiger partial charge in [0, 0.05) is 11.6 Å². The van der Waals surface area contributed by atoms with E-state index in [1.54, 1.807) is 0 Å². The summed E-state index contributed by atoms with van der Waals surface area (Å²) in [6.45, 7) is 1.51. The maximum Gasteiger partial charge on any atom is 0.252 e. The lowest BCUT2D eigenvalue weighted by atomic mass is 10.1. The molecule has 0 bridgehead atoms. The molecule has 1 heterocycles. The fourth-order valence-corrected chi connectivity index (χ4v) is 2.11. The number of thioether (sulfide) groups is 1. The van der Waals surface area contributed by atoms with Crippen molar-refractivity contribution in [2.45, 2.75) is 12.1 Å². The lowest BCUT2D eigenvalue weighted by Crippen LogP contribution is -2.09. The number of hydrogen-bond acceptors (Lipinski definition) is 4. The highest BCUT2D eigenvalue weighted by atomic mass is 32.2. The summed E-state index contributed by atoms with van der Waals surface area (Å²) in [6.07, 6.45) is 0. The molecule has 0 radical (unpaired) electrons. The first-order chi connectivity index (χ1) is 8.65. The van der Waals surface area contributed by atoms with Gasteiger partial charge in [0.05, 0.1) is 11.4 Å². The highest BCUT2D eigenvalue weighted by molar-refractivity contribution is 7.99. The van der Waals surface area contributed by atoms with Crippen LogP contribution in [0.15, 0.2) is 46.3 Å². The van der Waals surface area contributed by atoms with Crippen molar-refractivity contribution >= 4 is 17.5 Å². The Labute approximate surface area is 108 Å². The average Bonchev–Trinajstić information content (AvgIpc) is 2.37. The van der Waals surface area contributed by atoms with Crippen LogP contribution >= 0.6 is 11.8 Å². The van der Waals surface area contributed by atoms with Gasteiger partial charge in [-0.15, -0.1) is 0 Å². The Morgan fingerprint density at radius 3 is 2.72 bits per heavy atom. The van der Waals surface area contributed by atoms with Crippen molar-refractivity contribution in [2.24, 2.45) is 0 Å². The second kappa shape index (κ2) is 5.64. The van der Waals surface area contributed by atoms with Crippen LogP contribution in [-0.4, -0.2) is 21.5 Å². The second-order valence-electron chi connectivity index (χ2n) is 3.79. The van der Waals surface area contributed by atoms with E-state index in [0.29, 0.717) is 16.6 Å². The van der Waals surface area contributed by atoms with Gasteiger partial charge in [0.25, 0.3) is 5.56 Å². The van der Waals surface area contributed by atoms with Crippen molar-refractivity contribution in [3.63, 3.8) is 0 Å². The predicted octanol–water partition coefficient (Wildman–Crippen LogP) is 2.12. The van der Waals surface area contributed by atoms with Crippen LogP contribution < -0.4 is 5.56 Å². The Bertz CT molecular complexity index is 608. The van der Waals surface area contributed by atoms with E-state index in [1.165, 1.54) is 24.8 Å². The van der Waals surface area contributed by atoms with Gasteiger partial charge in [0.1, 0.15) is 5.78 Å². The van der Waals surface area contributed by atoms with Crippen molar-refractivity contribution in [1.82, 2.24) is 9.97 Å². The average molecular weight is 260 g/mol. The number of carbonyl (C=O) groups is 1. The number of carbonyl (C=O) groups excluding carboxylic acids is 1. The Kier molecular flexibility index (Phi) is 3.94. The minimum atomic E-state index is -0.213. The third-order valence-corrected chi connectivity index (χ3v) is 3.22. The third kappa shape index (κ3) is 3.30. The van der Waals surface area contributed by atoms with Crippen LogP contribution in [0, 0.1) is 0 Å². The fourth-order valence-electron chi connectivity index (χ4n) is 1.43. The van der Waals surface area contributed by atoms with Gasteiger partial charge in [-0.25, -0.2) is 4.98 Å². The molecule has 0 aliphatic carbocycles. The van der Waals surface area contributed by atoms with Crippen LogP contribution in [0.4, 0.5) is 0 Å². The van der Waals surface area contributed by atoms with E-state index in [9.17, 15) is 9.59 Å². The zero-order valence-corrected chi connectivity index (χ0v) is 10.7. The molecule has 0 fully saturated rings. The molecular formula is C13H12N2O2S. The zero-order valence-electron chi connectivity index (χ0n) is 9.84. The van der Waals surface area contributed by atoms with E-state index in [-0.39, 0.29) is 11.3 Å². The Morgan fingerprint density at radius 2 is 2.06 bits per heavy atom. The van der Waals surface area contributed by atoms with Crippen molar-refractivity contribution in [1.29, 1.82) is 0 Å². The van der Waals surface area contributed by atoms with Crippen LogP contribution in [0.2, 0.25) is 0 Å². The molecule has 0 saturated carbocycles. The fraction of sp³-hybridized carbons (Fsp3) is 0.154. The van der Waals surface area contributed by atoms with Gasteiger partial charge in [-0.05, 0) is 6.92 Å². The van der Waals surface area contributed by atoms with Crippen molar-refractivity contribution in [2.75, 3.05) is 5.75 Å². The molecule has 2 rings (SSSR count). The summed E-state index contributed by atoms with van der Waals surface area (Å²) in [6, 6.07) is 10.9. The molecule has 0 unspecified atom stereocenters. The van der Waals surface area contributed by atoms with Gasteiger partial charge in [-0.3, -0.25) is 9.59 Å². The van der Waals surface area contributed by atoms with Crippen LogP contribution in [0.5, 0.6) is 0 Å². The number of ketones is 1. The first kappa shape index (κ1) is 12.6. The molecule has 2 aromatic rings. The van der Waals surface area contributed by atoms with E-state index in [4.69, 9.17) is 0 Å². The summed E-state index contributed by atoms with van der Waals surface area (Å²) in [5.74, 6) is 0.356. The number of aromatic amines is 1. The summed E-state index contributed by atoms with van der Waals surface area (Å²) in [7, 11) is 0. The molecule has 0 saturated heterocycles.